The molecule has 2 aromatic carbocycles. The minimum Gasteiger partial charge on any atom is -0.492 e. The Morgan fingerprint density at radius 1 is 1.11 bits per heavy atom. The van der Waals surface area contributed by atoms with Gasteiger partial charge in [0.1, 0.15) is 17.8 Å². The molecule has 3 rings (SSSR count). The van der Waals surface area contributed by atoms with Crippen LogP contribution in [0.5, 0.6) is 5.75 Å². The van der Waals surface area contributed by atoms with Crippen molar-refractivity contribution in [3.8, 4) is 5.75 Å². The van der Waals surface area contributed by atoms with E-state index in [9.17, 15) is 9.59 Å². The van der Waals surface area contributed by atoms with E-state index >= 15 is 0 Å². The summed E-state index contributed by atoms with van der Waals surface area (Å²) >= 11 is 7.19. The summed E-state index contributed by atoms with van der Waals surface area (Å²) in [6.45, 7) is 4.32. The van der Waals surface area contributed by atoms with Gasteiger partial charge in [-0.2, -0.15) is 4.99 Å². The van der Waals surface area contributed by atoms with Gasteiger partial charge in [-0.25, -0.2) is 0 Å². The fourth-order valence-electron chi connectivity index (χ4n) is 2.68. The van der Waals surface area contributed by atoms with Crippen LogP contribution in [0.2, 0.25) is 5.02 Å². The molecular formula is C20H19ClN2O4S. The van der Waals surface area contributed by atoms with Crippen molar-refractivity contribution in [3.05, 3.63) is 57.9 Å². The molecular weight excluding hydrogens is 400 g/mol. The van der Waals surface area contributed by atoms with E-state index in [4.69, 9.17) is 21.1 Å². The number of carbonyl (C=O) groups excluding carboxylic acids is 2. The summed E-state index contributed by atoms with van der Waals surface area (Å²) < 4.78 is 13.3. The average Bonchev–Trinajstić information content (AvgIpc) is 3.00. The largest absolute Gasteiger partial charge is 0.492 e. The Hall–Kier alpha value is -2.64. The van der Waals surface area contributed by atoms with Crippen molar-refractivity contribution in [1.29, 1.82) is 0 Å². The zero-order valence-electron chi connectivity index (χ0n) is 15.5. The Labute approximate surface area is 171 Å². The lowest BCUT2D eigenvalue weighted by molar-refractivity contribution is -0.143. The van der Waals surface area contributed by atoms with E-state index in [0.29, 0.717) is 33.3 Å². The van der Waals surface area contributed by atoms with Crippen LogP contribution in [0, 0.1) is 0 Å². The van der Waals surface area contributed by atoms with Crippen molar-refractivity contribution in [1.82, 2.24) is 4.57 Å². The molecule has 0 N–H and O–H groups in total. The second-order valence-corrected chi connectivity index (χ2v) is 7.18. The number of amides is 1. The lowest BCUT2D eigenvalue weighted by atomic mass is 10.2. The molecule has 0 fully saturated rings. The molecule has 8 heteroatoms. The number of benzene rings is 2. The zero-order chi connectivity index (χ0) is 20.1. The van der Waals surface area contributed by atoms with Crippen molar-refractivity contribution in [2.75, 3.05) is 13.2 Å². The predicted octanol–water partition coefficient (Wildman–Crippen LogP) is 4.06. The first kappa shape index (κ1) is 20.1. The molecule has 0 saturated heterocycles. The van der Waals surface area contributed by atoms with Crippen LogP contribution in [0.1, 0.15) is 24.2 Å². The highest BCUT2D eigenvalue weighted by molar-refractivity contribution is 7.16. The number of para-hydroxylation sites is 1. The number of carbonyl (C=O) groups is 2. The molecule has 3 aromatic rings. The molecule has 0 aliphatic rings. The first-order valence-electron chi connectivity index (χ1n) is 8.78. The van der Waals surface area contributed by atoms with E-state index in [1.54, 1.807) is 35.8 Å². The maximum Gasteiger partial charge on any atom is 0.326 e. The number of esters is 1. The molecule has 1 aromatic heterocycles. The van der Waals surface area contributed by atoms with Crippen LogP contribution in [0.3, 0.4) is 0 Å². The summed E-state index contributed by atoms with van der Waals surface area (Å²) in [5.41, 5.74) is 1.12. The maximum atomic E-state index is 12.6. The van der Waals surface area contributed by atoms with Crippen molar-refractivity contribution in [2.24, 2.45) is 4.99 Å². The van der Waals surface area contributed by atoms with Crippen molar-refractivity contribution in [2.45, 2.75) is 20.4 Å². The van der Waals surface area contributed by atoms with Gasteiger partial charge < -0.3 is 14.0 Å². The smallest absolute Gasteiger partial charge is 0.326 e. The molecule has 0 aliphatic heterocycles. The van der Waals surface area contributed by atoms with E-state index in [-0.39, 0.29) is 13.2 Å². The van der Waals surface area contributed by atoms with Gasteiger partial charge in [0.2, 0.25) is 0 Å². The van der Waals surface area contributed by atoms with Crippen molar-refractivity contribution >= 4 is 45.0 Å². The minimum absolute atomic E-state index is 0.0648. The number of aromatic nitrogens is 1. The molecule has 0 aliphatic carbocycles. The predicted molar refractivity (Wildman–Crippen MR) is 109 cm³/mol. The second-order valence-electron chi connectivity index (χ2n) is 5.74. The highest BCUT2D eigenvalue weighted by atomic mass is 35.5. The number of thiazole rings is 1. The fourth-order valence-corrected chi connectivity index (χ4v) is 3.85. The third-order valence-corrected chi connectivity index (χ3v) is 5.14. The van der Waals surface area contributed by atoms with Crippen LogP contribution in [0.4, 0.5) is 0 Å². The van der Waals surface area contributed by atoms with Gasteiger partial charge in [-0.15, -0.1) is 0 Å². The first-order chi connectivity index (χ1) is 13.5. The number of halogens is 1. The van der Waals surface area contributed by atoms with Gasteiger partial charge in [0.05, 0.1) is 17.9 Å². The minimum atomic E-state index is -0.418. The van der Waals surface area contributed by atoms with Crippen LogP contribution < -0.4 is 9.54 Å². The molecule has 146 valence electrons. The SMILES string of the molecule is CCOC(=O)Cn1c(=NC(=O)c2ccc(Cl)cc2)sc2cccc(OCC)c21. The highest BCUT2D eigenvalue weighted by Crippen LogP contribution is 2.27. The molecule has 0 bridgehead atoms. The quantitative estimate of drug-likeness (QED) is 0.566. The number of nitrogens with zero attached hydrogens (tertiary/aromatic N) is 2. The maximum absolute atomic E-state index is 12.6. The Morgan fingerprint density at radius 2 is 1.86 bits per heavy atom. The third kappa shape index (κ3) is 4.43. The zero-order valence-corrected chi connectivity index (χ0v) is 17.0. The van der Waals surface area contributed by atoms with Gasteiger partial charge in [0.25, 0.3) is 5.91 Å². The fraction of sp³-hybridized carbons (Fsp3) is 0.250. The number of rotatable bonds is 6. The number of ether oxygens (including phenoxy) is 2. The van der Waals surface area contributed by atoms with Gasteiger partial charge in [-0.1, -0.05) is 29.0 Å². The van der Waals surface area contributed by atoms with Crippen LogP contribution in [0.15, 0.2) is 47.5 Å². The van der Waals surface area contributed by atoms with Crippen molar-refractivity contribution < 1.29 is 19.1 Å². The van der Waals surface area contributed by atoms with Crippen LogP contribution in [0.25, 0.3) is 10.2 Å². The van der Waals surface area contributed by atoms with Gasteiger partial charge in [0.15, 0.2) is 4.80 Å². The van der Waals surface area contributed by atoms with Gasteiger partial charge in [-0.05, 0) is 50.2 Å². The summed E-state index contributed by atoms with van der Waals surface area (Å²) in [5, 5.41) is 0.539. The van der Waals surface area contributed by atoms with Crippen LogP contribution in [-0.2, 0) is 16.1 Å². The Morgan fingerprint density at radius 3 is 2.54 bits per heavy atom. The lowest BCUT2D eigenvalue weighted by Gasteiger charge is -2.09. The molecule has 0 saturated carbocycles. The number of hydrogen-bond acceptors (Lipinski definition) is 5. The van der Waals surface area contributed by atoms with Crippen LogP contribution in [-0.4, -0.2) is 29.7 Å². The summed E-state index contributed by atoms with van der Waals surface area (Å²) in [6.07, 6.45) is 0. The van der Waals surface area contributed by atoms with Gasteiger partial charge >= 0.3 is 5.97 Å². The first-order valence-corrected chi connectivity index (χ1v) is 9.98. The van der Waals surface area contributed by atoms with Gasteiger partial charge in [-0.3, -0.25) is 9.59 Å². The number of fused-ring (bicyclic) bond motifs is 1. The molecule has 0 atom stereocenters. The Kier molecular flexibility index (Phi) is 6.49. The monoisotopic (exact) mass is 418 g/mol. The Bertz CT molecular complexity index is 1070. The number of hydrogen-bond donors (Lipinski definition) is 0. The summed E-state index contributed by atoms with van der Waals surface area (Å²) in [4.78, 5) is 29.4. The molecule has 6 nitrogen and oxygen atoms in total. The molecule has 0 radical (unpaired) electrons. The normalized spacial score (nSPS) is 11.6. The van der Waals surface area contributed by atoms with E-state index < -0.39 is 11.9 Å². The summed E-state index contributed by atoms with van der Waals surface area (Å²) in [5.74, 6) is -0.200. The van der Waals surface area contributed by atoms with Crippen LogP contribution >= 0.6 is 22.9 Å². The van der Waals surface area contributed by atoms with E-state index in [2.05, 4.69) is 4.99 Å². The standard InChI is InChI=1S/C20H19ClN2O4S/c1-3-26-15-6-5-7-16-18(15)23(12-17(24)27-4-2)20(28-16)22-19(25)13-8-10-14(21)11-9-13/h5-11H,3-4,12H2,1-2H3. The molecule has 0 unspecified atom stereocenters. The average molecular weight is 419 g/mol. The molecule has 1 heterocycles. The molecule has 28 heavy (non-hydrogen) atoms. The van der Waals surface area contributed by atoms with Gasteiger partial charge in [0, 0.05) is 10.6 Å². The third-order valence-electron chi connectivity index (χ3n) is 3.84. The lowest BCUT2D eigenvalue weighted by Crippen LogP contribution is -2.23. The second kappa shape index (κ2) is 9.03. The highest BCUT2D eigenvalue weighted by Gasteiger charge is 2.16. The summed E-state index contributed by atoms with van der Waals surface area (Å²) in [6, 6.07) is 12.1. The molecule has 1 amide bonds. The Balaban J connectivity index is 2.14. The van der Waals surface area contributed by atoms with Crippen molar-refractivity contribution in [3.63, 3.8) is 0 Å². The summed E-state index contributed by atoms with van der Waals surface area (Å²) in [7, 11) is 0. The van der Waals surface area contributed by atoms with E-state index in [0.717, 1.165) is 4.70 Å². The van der Waals surface area contributed by atoms with E-state index in [1.165, 1.54) is 11.3 Å². The molecule has 0 spiro atoms. The van der Waals surface area contributed by atoms with E-state index in [1.807, 2.05) is 25.1 Å². The topological polar surface area (TPSA) is 69.9 Å².